The molecule has 4 heterocycles. The highest BCUT2D eigenvalue weighted by Crippen LogP contribution is 2.44. The maximum Gasteiger partial charge on any atom is 0.308 e. The van der Waals surface area contributed by atoms with Gasteiger partial charge < -0.3 is 24.6 Å². The Morgan fingerprint density at radius 1 is 1.24 bits per heavy atom. The molecule has 2 N–H and O–H groups in total. The van der Waals surface area contributed by atoms with Crippen molar-refractivity contribution in [1.29, 1.82) is 0 Å². The maximum absolute atomic E-state index is 13.9. The first-order valence-corrected chi connectivity index (χ1v) is 14.4. The lowest BCUT2D eigenvalue weighted by Gasteiger charge is -2.29. The summed E-state index contributed by atoms with van der Waals surface area (Å²) in [5.74, 6) is -1.23. The van der Waals surface area contributed by atoms with Crippen LogP contribution in [0.3, 0.4) is 0 Å². The molecule has 2 aliphatic heterocycles. The van der Waals surface area contributed by atoms with Crippen LogP contribution < -0.4 is 18.9 Å². The van der Waals surface area contributed by atoms with Gasteiger partial charge in [-0.2, -0.15) is 0 Å². The van der Waals surface area contributed by atoms with Gasteiger partial charge in [0.25, 0.3) is 0 Å². The van der Waals surface area contributed by atoms with E-state index in [9.17, 15) is 19.8 Å². The molecule has 0 aliphatic carbocycles. The van der Waals surface area contributed by atoms with Crippen molar-refractivity contribution in [3.63, 3.8) is 0 Å². The van der Waals surface area contributed by atoms with Gasteiger partial charge in [0, 0.05) is 48.6 Å². The number of nitrogens with zero attached hydrogens (tertiary/aromatic N) is 5. The van der Waals surface area contributed by atoms with Gasteiger partial charge in [0.05, 0.1) is 19.1 Å². The number of carboxylic acid groups (broad SMARTS) is 1. The zero-order chi connectivity index (χ0) is 29.6. The topological polar surface area (TPSA) is 129 Å². The quantitative estimate of drug-likeness (QED) is 0.313. The number of rotatable bonds is 12. The van der Waals surface area contributed by atoms with Gasteiger partial charge in [-0.3, -0.25) is 14.5 Å². The number of aromatic nitrogens is 3. The molecule has 11 heteroatoms. The van der Waals surface area contributed by atoms with Crippen LogP contribution in [0.4, 0.5) is 5.69 Å². The molecule has 3 atom stereocenters. The lowest BCUT2D eigenvalue weighted by molar-refractivity contribution is -0.670. The number of hydrogen-bond donors (Lipinski definition) is 2. The number of amides is 1. The van der Waals surface area contributed by atoms with E-state index in [-0.39, 0.29) is 25.9 Å². The van der Waals surface area contributed by atoms with Crippen molar-refractivity contribution in [2.75, 3.05) is 31.3 Å². The first kappa shape index (κ1) is 29.4. The number of aryl methyl sites for hydroxylation is 2. The molecule has 0 bridgehead atoms. The monoisotopic (exact) mass is 576 g/mol. The Hall–Kier alpha value is -4.09. The van der Waals surface area contributed by atoms with Crippen molar-refractivity contribution in [2.45, 2.75) is 51.2 Å². The normalized spacial score (nSPS) is 19.6. The summed E-state index contributed by atoms with van der Waals surface area (Å²) in [6, 6.07) is 8.86. The first-order chi connectivity index (χ1) is 20.4. The first-order valence-electron chi connectivity index (χ1n) is 14.4. The second kappa shape index (κ2) is 13.3. The smallest absolute Gasteiger partial charge is 0.308 e. The van der Waals surface area contributed by atoms with Gasteiger partial charge in [-0.05, 0) is 49.1 Å². The molecule has 1 amide bonds. The fourth-order valence-corrected chi connectivity index (χ4v) is 6.09. The molecule has 0 radical (unpaired) electrons. The number of ether oxygens (including phenoxy) is 2. The number of carboxylic acids is 1. The molecule has 5 rings (SSSR count). The number of aliphatic carboxylic acids is 1. The number of hydrogen-bond acceptors (Lipinski definition) is 8. The third kappa shape index (κ3) is 6.37. The van der Waals surface area contributed by atoms with E-state index in [1.807, 2.05) is 53.2 Å². The summed E-state index contributed by atoms with van der Waals surface area (Å²) in [6.45, 7) is 2.90. The summed E-state index contributed by atoms with van der Waals surface area (Å²) in [4.78, 5) is 39.0. The number of aliphatic hydroxyl groups excluding tert-OH is 1. The van der Waals surface area contributed by atoms with Crippen molar-refractivity contribution in [3.8, 4) is 11.5 Å². The van der Waals surface area contributed by atoms with E-state index in [2.05, 4.69) is 16.9 Å². The highest BCUT2D eigenvalue weighted by molar-refractivity contribution is 5.94. The van der Waals surface area contributed by atoms with E-state index in [1.165, 1.54) is 6.33 Å². The molecule has 42 heavy (non-hydrogen) atoms. The van der Waals surface area contributed by atoms with Crippen molar-refractivity contribution >= 4 is 17.6 Å². The van der Waals surface area contributed by atoms with Crippen molar-refractivity contribution < 1.29 is 33.8 Å². The molecule has 2 aliphatic rings. The average molecular weight is 577 g/mol. The summed E-state index contributed by atoms with van der Waals surface area (Å²) in [7, 11) is 1.92. The lowest BCUT2D eigenvalue weighted by Crippen LogP contribution is -2.45. The number of carbonyl (C=O) groups excluding carboxylic acids is 1. The summed E-state index contributed by atoms with van der Waals surface area (Å²) < 4.78 is 13.1. The van der Waals surface area contributed by atoms with Crippen molar-refractivity contribution in [3.05, 3.63) is 72.1 Å². The Balaban J connectivity index is 1.47. The molecule has 2 aromatic heterocycles. The van der Waals surface area contributed by atoms with Crippen LogP contribution >= 0.6 is 0 Å². The predicted molar refractivity (Wildman–Crippen MR) is 153 cm³/mol. The Kier molecular flexibility index (Phi) is 9.28. The van der Waals surface area contributed by atoms with Crippen LogP contribution in [0, 0.1) is 5.92 Å². The van der Waals surface area contributed by atoms with Crippen LogP contribution in [0.1, 0.15) is 48.9 Å². The fourth-order valence-electron chi connectivity index (χ4n) is 6.09. The summed E-state index contributed by atoms with van der Waals surface area (Å²) in [5, 5.41) is 20.6. The highest BCUT2D eigenvalue weighted by atomic mass is 16.7. The number of unbranched alkanes of at least 4 members (excludes halogenated alkanes) is 1. The van der Waals surface area contributed by atoms with Crippen LogP contribution in [-0.4, -0.2) is 69.4 Å². The summed E-state index contributed by atoms with van der Waals surface area (Å²) >= 11 is 0. The number of carbonyl (C=O) groups is 2. The predicted octanol–water partition coefficient (Wildman–Crippen LogP) is 2.46. The number of likely N-dealkylation sites (tertiary alicyclic amines) is 1. The zero-order valence-electron chi connectivity index (χ0n) is 24.1. The van der Waals surface area contributed by atoms with E-state index < -0.39 is 23.8 Å². The number of benzene rings is 1. The molecule has 1 saturated heterocycles. The van der Waals surface area contributed by atoms with E-state index >= 15 is 0 Å². The van der Waals surface area contributed by atoms with Gasteiger partial charge in [-0.15, -0.1) is 0 Å². The van der Waals surface area contributed by atoms with Crippen LogP contribution in [0.25, 0.3) is 0 Å². The largest absolute Gasteiger partial charge is 0.481 e. The van der Waals surface area contributed by atoms with Crippen molar-refractivity contribution in [2.24, 2.45) is 13.0 Å². The number of pyridine rings is 1. The molecule has 0 saturated carbocycles. The van der Waals surface area contributed by atoms with Gasteiger partial charge in [-0.25, -0.2) is 14.5 Å². The van der Waals surface area contributed by atoms with E-state index in [0.717, 1.165) is 29.8 Å². The summed E-state index contributed by atoms with van der Waals surface area (Å²) in [6.07, 6.45) is 9.84. The molecule has 1 aromatic carbocycles. The molecule has 0 unspecified atom stereocenters. The Morgan fingerprint density at radius 2 is 2.10 bits per heavy atom. The highest BCUT2D eigenvalue weighted by Gasteiger charge is 2.47. The molecular weight excluding hydrogens is 538 g/mol. The second-order valence-electron chi connectivity index (χ2n) is 10.9. The van der Waals surface area contributed by atoms with Crippen LogP contribution in [0.2, 0.25) is 0 Å². The van der Waals surface area contributed by atoms with E-state index in [1.54, 1.807) is 17.2 Å². The zero-order valence-corrected chi connectivity index (χ0v) is 24.1. The third-order valence-corrected chi connectivity index (χ3v) is 8.15. The molecule has 0 spiro atoms. The number of aliphatic hydroxyl groups is 1. The van der Waals surface area contributed by atoms with Crippen LogP contribution in [0.15, 0.2) is 55.2 Å². The molecular formula is C31H38N5O6+. The van der Waals surface area contributed by atoms with Gasteiger partial charge in [0.15, 0.2) is 23.9 Å². The molecule has 1 fully saturated rings. The molecule has 11 nitrogen and oxygen atoms in total. The average Bonchev–Trinajstić information content (AvgIpc) is 3.61. The van der Waals surface area contributed by atoms with Gasteiger partial charge in [-0.1, -0.05) is 13.3 Å². The van der Waals surface area contributed by atoms with Crippen molar-refractivity contribution in [1.82, 2.24) is 14.9 Å². The Bertz CT molecular complexity index is 1400. The number of fused-ring (bicyclic) bond motifs is 1. The standard InChI is InChI=1S/C31H37N5O6/c1-3-4-12-36(24-6-5-11-34(2)15-24)28(38)17-35-16-25(21-13-22(18-37)30-27(14-21)41-20-42-30)29(31(39)40)26(35)8-7-23-9-10-32-19-33-23/h5-6,9-11,13-15,19,25-26,29,37H,3-4,7-8,12,16-18,20H2,1-2H3/p+1/t25-,26+,29-/m1/s1. The van der Waals surface area contributed by atoms with Gasteiger partial charge in [0.1, 0.15) is 19.1 Å². The lowest BCUT2D eigenvalue weighted by atomic mass is 9.83. The Morgan fingerprint density at radius 3 is 2.81 bits per heavy atom. The Labute approximate surface area is 245 Å². The van der Waals surface area contributed by atoms with Crippen LogP contribution in [0.5, 0.6) is 11.5 Å². The minimum atomic E-state index is -0.927. The SMILES string of the molecule is CCCCN(C(=O)CN1C[C@H](c2cc(CO)c3c(c2)OCO3)[C@@H](C(=O)O)[C@@H]1CCc1ccncn1)c1ccc[n+](C)c1. The summed E-state index contributed by atoms with van der Waals surface area (Å²) in [5.41, 5.74) is 2.93. The fraction of sp³-hybridized carbons (Fsp3) is 0.452. The number of anilines is 1. The van der Waals surface area contributed by atoms with Crippen LogP contribution in [-0.2, 0) is 29.7 Å². The third-order valence-electron chi connectivity index (χ3n) is 8.15. The minimum Gasteiger partial charge on any atom is -0.481 e. The molecule has 222 valence electrons. The molecule has 3 aromatic rings. The van der Waals surface area contributed by atoms with Gasteiger partial charge in [0.2, 0.25) is 12.7 Å². The van der Waals surface area contributed by atoms with E-state index in [4.69, 9.17) is 9.47 Å². The maximum atomic E-state index is 13.9. The van der Waals surface area contributed by atoms with E-state index in [0.29, 0.717) is 43.0 Å². The minimum absolute atomic E-state index is 0.0475. The second-order valence-corrected chi connectivity index (χ2v) is 10.9. The van der Waals surface area contributed by atoms with Gasteiger partial charge >= 0.3 is 5.97 Å².